The van der Waals surface area contributed by atoms with Crippen LogP contribution >= 0.6 is 0 Å². The first-order chi connectivity index (χ1) is 19.2. The number of carbonyl (C=O) groups excluding carboxylic acids is 6. The quantitative estimate of drug-likeness (QED) is 0.235. The lowest BCUT2D eigenvalue weighted by molar-refractivity contribution is -0.141. The van der Waals surface area contributed by atoms with Crippen molar-refractivity contribution in [3.8, 4) is 5.75 Å². The van der Waals surface area contributed by atoms with E-state index in [1.165, 1.54) is 6.08 Å². The average Bonchev–Trinajstić information content (AvgIpc) is 3.22. The van der Waals surface area contributed by atoms with Gasteiger partial charge in [0.1, 0.15) is 11.7 Å². The Morgan fingerprint density at radius 3 is 2.50 bits per heavy atom. The summed E-state index contributed by atoms with van der Waals surface area (Å²) in [5.41, 5.74) is 1.39. The normalized spacial score (nSPS) is 22.8. The summed E-state index contributed by atoms with van der Waals surface area (Å²) in [6, 6.07) is 14.2. The number of allylic oxidation sites excluding steroid dienone is 1. The Morgan fingerprint density at radius 2 is 1.77 bits per heavy atom. The number of rotatable bonds is 10. The number of ketones is 2. The molecule has 1 unspecified atom stereocenters. The van der Waals surface area contributed by atoms with E-state index < -0.39 is 65.5 Å². The first-order valence-electron chi connectivity index (χ1n) is 13.0. The first kappa shape index (κ1) is 28.4. The molecule has 1 heterocycles. The van der Waals surface area contributed by atoms with E-state index in [1.54, 1.807) is 74.7 Å². The van der Waals surface area contributed by atoms with Crippen molar-refractivity contribution in [2.45, 2.75) is 38.3 Å². The van der Waals surface area contributed by atoms with Crippen molar-refractivity contribution in [1.29, 1.82) is 0 Å². The summed E-state index contributed by atoms with van der Waals surface area (Å²) in [5.74, 6) is -4.60. The van der Waals surface area contributed by atoms with Crippen molar-refractivity contribution < 1.29 is 33.5 Å². The second-order valence-corrected chi connectivity index (χ2v) is 10.1. The third-order valence-corrected chi connectivity index (χ3v) is 7.21. The molecule has 1 saturated heterocycles. The number of nitrogens with one attached hydrogen (secondary N) is 3. The minimum atomic E-state index is -1.10. The van der Waals surface area contributed by atoms with Gasteiger partial charge in [0.05, 0.1) is 38.0 Å². The van der Waals surface area contributed by atoms with Crippen molar-refractivity contribution in [3.05, 3.63) is 71.8 Å². The van der Waals surface area contributed by atoms with Gasteiger partial charge in [-0.15, -0.1) is 0 Å². The van der Waals surface area contributed by atoms with Gasteiger partial charge >= 0.3 is 0 Å². The lowest BCUT2D eigenvalue weighted by atomic mass is 9.72. The molecule has 1 saturated carbocycles. The van der Waals surface area contributed by atoms with E-state index >= 15 is 0 Å². The zero-order valence-electron chi connectivity index (χ0n) is 22.2. The first-order valence-corrected chi connectivity index (χ1v) is 13.0. The lowest BCUT2D eigenvalue weighted by Crippen LogP contribution is -2.54. The van der Waals surface area contributed by atoms with Crippen LogP contribution in [0, 0.1) is 17.8 Å². The molecule has 2 fully saturated rings. The third-order valence-electron chi connectivity index (χ3n) is 7.21. The van der Waals surface area contributed by atoms with Crippen LogP contribution in [0.15, 0.2) is 60.7 Å². The summed E-state index contributed by atoms with van der Waals surface area (Å²) in [6.45, 7) is 1.75. The van der Waals surface area contributed by atoms with Crippen LogP contribution in [0.3, 0.4) is 0 Å². The molecule has 5 atom stereocenters. The van der Waals surface area contributed by atoms with Crippen molar-refractivity contribution in [2.24, 2.45) is 17.8 Å². The van der Waals surface area contributed by atoms with E-state index in [0.29, 0.717) is 17.7 Å². The van der Waals surface area contributed by atoms with E-state index in [2.05, 4.69) is 16.0 Å². The summed E-state index contributed by atoms with van der Waals surface area (Å²) in [6.07, 6.45) is 2.58. The molecule has 0 radical (unpaired) electrons. The second-order valence-electron chi connectivity index (χ2n) is 10.1. The molecular formula is C30H31N3O7. The fraction of sp³-hybridized carbons (Fsp3) is 0.333. The Hall–Kier alpha value is -4.60. The Labute approximate surface area is 231 Å². The Bertz CT molecular complexity index is 1350. The minimum absolute atomic E-state index is 0.195. The van der Waals surface area contributed by atoms with Crippen LogP contribution in [-0.2, 0) is 28.8 Å². The predicted molar refractivity (Wildman–Crippen MR) is 144 cm³/mol. The van der Waals surface area contributed by atoms with Gasteiger partial charge in [-0.25, -0.2) is 0 Å². The molecule has 2 aliphatic rings. The van der Waals surface area contributed by atoms with Gasteiger partial charge in [0, 0.05) is 0 Å². The maximum atomic E-state index is 13.1. The van der Waals surface area contributed by atoms with Gasteiger partial charge in [0.2, 0.25) is 23.6 Å². The van der Waals surface area contributed by atoms with Crippen LogP contribution in [0.25, 0.3) is 6.08 Å². The number of hydrogen-bond acceptors (Lipinski definition) is 7. The van der Waals surface area contributed by atoms with Crippen molar-refractivity contribution in [3.63, 3.8) is 0 Å². The van der Waals surface area contributed by atoms with Crippen molar-refractivity contribution in [2.75, 3.05) is 7.11 Å². The van der Waals surface area contributed by atoms with E-state index in [0.717, 1.165) is 5.56 Å². The molecule has 0 spiro atoms. The Morgan fingerprint density at radius 1 is 1.02 bits per heavy atom. The summed E-state index contributed by atoms with van der Waals surface area (Å²) >= 11 is 0. The monoisotopic (exact) mass is 545 g/mol. The molecule has 10 nitrogen and oxygen atoms in total. The topological polar surface area (TPSA) is 148 Å². The summed E-state index contributed by atoms with van der Waals surface area (Å²) < 4.78 is 5.17. The molecule has 0 bridgehead atoms. The highest BCUT2D eigenvalue weighted by atomic mass is 16.5. The lowest BCUT2D eigenvalue weighted by Gasteiger charge is -2.33. The van der Waals surface area contributed by atoms with Crippen LogP contribution in [0.1, 0.15) is 43.4 Å². The number of hydrogen-bond donors (Lipinski definition) is 3. The molecule has 4 rings (SSSR count). The number of amides is 4. The van der Waals surface area contributed by atoms with E-state index in [1.807, 2.05) is 0 Å². The van der Waals surface area contributed by atoms with Crippen LogP contribution < -0.4 is 20.7 Å². The van der Waals surface area contributed by atoms with E-state index in [4.69, 9.17) is 4.74 Å². The maximum absolute atomic E-state index is 13.1. The van der Waals surface area contributed by atoms with Gasteiger partial charge < -0.3 is 15.4 Å². The summed E-state index contributed by atoms with van der Waals surface area (Å²) in [7, 11) is 1.54. The number of benzene rings is 2. The number of fused-ring (bicyclic) bond motifs is 1. The summed E-state index contributed by atoms with van der Waals surface area (Å²) in [5, 5.41) is 7.66. The third kappa shape index (κ3) is 6.69. The highest BCUT2D eigenvalue weighted by Crippen LogP contribution is 2.35. The number of imide groups is 1. The maximum Gasteiger partial charge on any atom is 0.238 e. The molecule has 208 valence electrons. The number of ether oxygens (including phenoxy) is 1. The SMILES string of the molecule is COc1cccc(/C=C/C(=O)CC(=O)N[C@@H](CC(=O)N[C@@H]2C(=O)[C@@H]3C(=O)NC(=O)[C@H]3CC2C)c2ccccc2)c1. The van der Waals surface area contributed by atoms with E-state index in [9.17, 15) is 28.8 Å². The fourth-order valence-electron chi connectivity index (χ4n) is 5.17. The smallest absolute Gasteiger partial charge is 0.238 e. The molecule has 2 aromatic carbocycles. The number of carbonyl (C=O) groups is 6. The molecule has 3 N–H and O–H groups in total. The number of methoxy groups -OCH3 is 1. The van der Waals surface area contributed by atoms with Crippen LogP contribution in [0.5, 0.6) is 5.75 Å². The number of Topliss-reactive ketones (excluding diaryl/α,β-unsaturated/α-hetero) is 1. The van der Waals surface area contributed by atoms with Gasteiger partial charge in [-0.3, -0.25) is 34.1 Å². The van der Waals surface area contributed by atoms with Gasteiger partial charge in [-0.2, -0.15) is 0 Å². The van der Waals surface area contributed by atoms with Gasteiger partial charge in [-0.05, 0) is 41.7 Å². The zero-order chi connectivity index (χ0) is 28.8. The standard InChI is InChI=1S/C30H31N3O7/c1-17-13-22-26(30(39)33-29(22)38)28(37)27(17)32-25(36)16-23(19-8-4-3-5-9-19)31-24(35)15-20(34)12-11-18-7-6-10-21(14-18)40-2/h3-12,14,17,22-23,26-27H,13,15-16H2,1-2H3,(H,31,35)(H,32,36)(H,33,38,39)/b12-11+/t17?,22-,23-,26+,27-/m0/s1. The van der Waals surface area contributed by atoms with Crippen LogP contribution in [-0.4, -0.2) is 48.3 Å². The zero-order valence-corrected chi connectivity index (χ0v) is 22.2. The highest BCUT2D eigenvalue weighted by molar-refractivity contribution is 6.17. The van der Waals surface area contributed by atoms with Gasteiger partial charge in [-0.1, -0.05) is 55.5 Å². The summed E-state index contributed by atoms with van der Waals surface area (Å²) in [4.78, 5) is 75.5. The highest BCUT2D eigenvalue weighted by Gasteiger charge is 2.53. The molecule has 1 aliphatic heterocycles. The molecule has 4 amide bonds. The molecule has 10 heteroatoms. The Balaban J connectivity index is 1.39. The van der Waals surface area contributed by atoms with E-state index in [-0.39, 0.29) is 12.3 Å². The minimum Gasteiger partial charge on any atom is -0.497 e. The molecule has 2 aromatic rings. The van der Waals surface area contributed by atoms with Gasteiger partial charge in [0.15, 0.2) is 11.6 Å². The van der Waals surface area contributed by atoms with Gasteiger partial charge in [0.25, 0.3) is 0 Å². The average molecular weight is 546 g/mol. The second kappa shape index (κ2) is 12.5. The largest absolute Gasteiger partial charge is 0.497 e. The fourth-order valence-corrected chi connectivity index (χ4v) is 5.17. The van der Waals surface area contributed by atoms with Crippen LogP contribution in [0.4, 0.5) is 0 Å². The Kier molecular flexibility index (Phi) is 8.88. The molecule has 1 aliphatic carbocycles. The molecule has 40 heavy (non-hydrogen) atoms. The predicted octanol–water partition coefficient (Wildman–Crippen LogP) is 1.90. The van der Waals surface area contributed by atoms with Crippen molar-refractivity contribution in [1.82, 2.24) is 16.0 Å². The molecular weight excluding hydrogens is 514 g/mol. The van der Waals surface area contributed by atoms with Crippen molar-refractivity contribution >= 4 is 41.3 Å². The van der Waals surface area contributed by atoms with Crippen LogP contribution in [0.2, 0.25) is 0 Å². The molecule has 0 aromatic heterocycles.